The number of hydrogen-bond donors (Lipinski definition) is 2. The second-order valence-electron chi connectivity index (χ2n) is 7.22. The minimum absolute atomic E-state index is 0.481. The summed E-state index contributed by atoms with van der Waals surface area (Å²) in [5.41, 5.74) is 20.5. The minimum Gasteiger partial charge on any atom is -0.399 e. The topological polar surface area (TPSA) is 77.8 Å². The molecule has 0 unspecified atom stereocenters. The van der Waals surface area contributed by atoms with E-state index in [0.29, 0.717) is 11.4 Å². The molecule has 4 nitrogen and oxygen atoms in total. The number of hydrogen-bond acceptors (Lipinski definition) is 4. The van der Waals surface area contributed by atoms with Crippen molar-refractivity contribution in [2.24, 2.45) is 5.73 Å². The number of aryl methyl sites for hydroxylation is 1. The van der Waals surface area contributed by atoms with Crippen LogP contribution in [0.15, 0.2) is 73.6 Å². The Morgan fingerprint density at radius 1 is 1.00 bits per heavy atom. The maximum atomic E-state index is 6.43. The zero-order chi connectivity index (χ0) is 20.4. The Labute approximate surface area is 170 Å². The Hall–Kier alpha value is -3.66. The molecule has 0 aliphatic rings. The predicted molar refractivity (Wildman–Crippen MR) is 122 cm³/mol. The Morgan fingerprint density at radius 3 is 2.45 bits per heavy atom. The molecule has 0 fully saturated rings. The van der Waals surface area contributed by atoms with Gasteiger partial charge in [0.1, 0.15) is 0 Å². The second kappa shape index (κ2) is 7.76. The smallest absolute Gasteiger partial charge is 0.0747 e. The molecule has 4 aromatic rings. The van der Waals surface area contributed by atoms with Gasteiger partial charge in [-0.25, -0.2) is 4.98 Å². The number of rotatable bonds is 5. The molecule has 144 valence electrons. The van der Waals surface area contributed by atoms with Crippen molar-refractivity contribution < 1.29 is 0 Å². The van der Waals surface area contributed by atoms with E-state index in [0.717, 1.165) is 51.7 Å². The molecule has 0 spiro atoms. The average Bonchev–Trinajstić information content (AvgIpc) is 2.73. The highest BCUT2D eigenvalue weighted by Crippen LogP contribution is 2.33. The van der Waals surface area contributed by atoms with Gasteiger partial charge in [-0.05, 0) is 41.3 Å². The summed E-state index contributed by atoms with van der Waals surface area (Å²) in [6.45, 7) is 6.09. The number of aromatic nitrogens is 2. The maximum absolute atomic E-state index is 6.43. The Bertz CT molecular complexity index is 1190. The molecule has 0 saturated carbocycles. The molecule has 0 radical (unpaired) electrons. The third-order valence-corrected chi connectivity index (χ3v) is 5.11. The highest BCUT2D eigenvalue weighted by molar-refractivity contribution is 5.93. The van der Waals surface area contributed by atoms with Crippen LogP contribution in [0.25, 0.3) is 39.0 Å². The molecular weight excluding hydrogens is 356 g/mol. The number of anilines is 1. The van der Waals surface area contributed by atoms with Crippen molar-refractivity contribution in [3.63, 3.8) is 0 Å². The first-order valence-electron chi connectivity index (χ1n) is 9.75. The molecule has 0 aliphatic heterocycles. The van der Waals surface area contributed by atoms with Crippen LogP contribution in [-0.2, 0) is 6.42 Å². The van der Waals surface area contributed by atoms with Crippen LogP contribution in [0.2, 0.25) is 0 Å². The lowest BCUT2D eigenvalue weighted by molar-refractivity contribution is 0.922. The summed E-state index contributed by atoms with van der Waals surface area (Å²) in [7, 11) is 0. The molecule has 0 atom stereocenters. The van der Waals surface area contributed by atoms with Gasteiger partial charge in [0, 0.05) is 40.3 Å². The van der Waals surface area contributed by atoms with Crippen LogP contribution in [0.1, 0.15) is 24.5 Å². The van der Waals surface area contributed by atoms with Gasteiger partial charge < -0.3 is 11.5 Å². The zero-order valence-electron chi connectivity index (χ0n) is 16.5. The van der Waals surface area contributed by atoms with Gasteiger partial charge in [0.25, 0.3) is 0 Å². The van der Waals surface area contributed by atoms with Crippen molar-refractivity contribution in [1.29, 1.82) is 0 Å². The molecule has 0 saturated heterocycles. The van der Waals surface area contributed by atoms with E-state index in [1.807, 2.05) is 24.3 Å². The molecule has 0 aliphatic carbocycles. The normalized spacial score (nSPS) is 10.9. The molecule has 2 aromatic heterocycles. The summed E-state index contributed by atoms with van der Waals surface area (Å²) in [6, 6.07) is 18.6. The van der Waals surface area contributed by atoms with Gasteiger partial charge in [0.05, 0.1) is 11.2 Å². The van der Waals surface area contributed by atoms with Crippen molar-refractivity contribution in [2.45, 2.75) is 19.8 Å². The van der Waals surface area contributed by atoms with Gasteiger partial charge in [-0.15, -0.1) is 0 Å². The van der Waals surface area contributed by atoms with Crippen LogP contribution < -0.4 is 11.5 Å². The lowest BCUT2D eigenvalue weighted by atomic mass is 9.98. The summed E-state index contributed by atoms with van der Waals surface area (Å²) in [4.78, 5) is 8.94. The highest BCUT2D eigenvalue weighted by atomic mass is 14.7. The first-order chi connectivity index (χ1) is 14.1. The van der Waals surface area contributed by atoms with Crippen molar-refractivity contribution in [2.75, 3.05) is 5.73 Å². The summed E-state index contributed by atoms with van der Waals surface area (Å²) >= 11 is 0. The maximum Gasteiger partial charge on any atom is 0.0747 e. The van der Waals surface area contributed by atoms with Gasteiger partial charge in [-0.2, -0.15) is 0 Å². The molecule has 0 bridgehead atoms. The molecule has 4 N–H and O–H groups in total. The Kier molecular flexibility index (Phi) is 5.00. The monoisotopic (exact) mass is 380 g/mol. The molecular formula is C25H24N4. The predicted octanol–water partition coefficient (Wildman–Crippen LogP) is 5.43. The standard InChI is InChI=1S/C25H24N4/c1-3-4-17-5-7-18(8-6-17)19-9-10-20(23(27)13-19)25-14-21(16(2)26)22-15-28-12-11-24(22)29-25/h5-15H,2-4,26-27H2,1H3. The van der Waals surface area contributed by atoms with E-state index in [4.69, 9.17) is 16.5 Å². The van der Waals surface area contributed by atoms with E-state index in [1.165, 1.54) is 5.56 Å². The van der Waals surface area contributed by atoms with E-state index >= 15 is 0 Å². The Morgan fingerprint density at radius 2 is 1.76 bits per heavy atom. The number of benzene rings is 2. The zero-order valence-corrected chi connectivity index (χ0v) is 16.5. The quantitative estimate of drug-likeness (QED) is 0.453. The van der Waals surface area contributed by atoms with Crippen LogP contribution in [-0.4, -0.2) is 9.97 Å². The van der Waals surface area contributed by atoms with Crippen molar-refractivity contribution in [3.8, 4) is 22.4 Å². The van der Waals surface area contributed by atoms with Crippen LogP contribution >= 0.6 is 0 Å². The Balaban J connectivity index is 1.76. The van der Waals surface area contributed by atoms with Gasteiger partial charge in [0.2, 0.25) is 0 Å². The van der Waals surface area contributed by atoms with Gasteiger partial charge in [-0.3, -0.25) is 4.98 Å². The summed E-state index contributed by atoms with van der Waals surface area (Å²) in [5, 5.41) is 0.881. The highest BCUT2D eigenvalue weighted by Gasteiger charge is 2.12. The summed E-state index contributed by atoms with van der Waals surface area (Å²) in [5.74, 6) is 0. The first-order valence-corrected chi connectivity index (χ1v) is 9.75. The van der Waals surface area contributed by atoms with Gasteiger partial charge >= 0.3 is 0 Å². The third kappa shape index (κ3) is 3.69. The fourth-order valence-corrected chi connectivity index (χ4v) is 3.60. The number of pyridine rings is 2. The first kappa shape index (κ1) is 18.7. The van der Waals surface area contributed by atoms with Crippen molar-refractivity contribution in [3.05, 3.63) is 84.7 Å². The van der Waals surface area contributed by atoms with Crippen molar-refractivity contribution >= 4 is 22.3 Å². The van der Waals surface area contributed by atoms with E-state index in [2.05, 4.69) is 48.8 Å². The summed E-state index contributed by atoms with van der Waals surface area (Å²) < 4.78 is 0. The molecule has 2 heterocycles. The molecule has 2 aromatic carbocycles. The lowest BCUT2D eigenvalue weighted by Crippen LogP contribution is -2.00. The van der Waals surface area contributed by atoms with E-state index in [-0.39, 0.29) is 0 Å². The number of fused-ring (bicyclic) bond motifs is 1. The van der Waals surface area contributed by atoms with Crippen molar-refractivity contribution in [1.82, 2.24) is 9.97 Å². The molecule has 29 heavy (non-hydrogen) atoms. The molecule has 0 amide bonds. The third-order valence-electron chi connectivity index (χ3n) is 5.11. The fourth-order valence-electron chi connectivity index (χ4n) is 3.60. The fraction of sp³-hybridized carbons (Fsp3) is 0.120. The van der Waals surface area contributed by atoms with Crippen LogP contribution in [0.5, 0.6) is 0 Å². The number of nitrogen functional groups attached to an aromatic ring is 1. The van der Waals surface area contributed by atoms with E-state index < -0.39 is 0 Å². The van der Waals surface area contributed by atoms with E-state index in [9.17, 15) is 0 Å². The second-order valence-corrected chi connectivity index (χ2v) is 7.22. The molecule has 4 heteroatoms. The van der Waals surface area contributed by atoms with Crippen LogP contribution in [0, 0.1) is 0 Å². The van der Waals surface area contributed by atoms with Gasteiger partial charge in [-0.1, -0.05) is 56.3 Å². The van der Waals surface area contributed by atoms with Crippen LogP contribution in [0.3, 0.4) is 0 Å². The molecule has 4 rings (SSSR count). The minimum atomic E-state index is 0.481. The number of nitrogens with zero attached hydrogens (tertiary/aromatic N) is 2. The largest absolute Gasteiger partial charge is 0.399 e. The summed E-state index contributed by atoms with van der Waals surface area (Å²) in [6.07, 6.45) is 5.72. The van der Waals surface area contributed by atoms with Gasteiger partial charge in [0.15, 0.2) is 0 Å². The van der Waals surface area contributed by atoms with E-state index in [1.54, 1.807) is 12.4 Å². The van der Waals surface area contributed by atoms with Crippen LogP contribution in [0.4, 0.5) is 5.69 Å². The average molecular weight is 380 g/mol. The lowest BCUT2D eigenvalue weighted by Gasteiger charge is -2.12. The SMILES string of the molecule is C=C(N)c1cc(-c2ccc(-c3ccc(CCC)cc3)cc2N)nc2ccncc12. The number of nitrogens with two attached hydrogens (primary N) is 2.